The van der Waals surface area contributed by atoms with E-state index in [1.54, 1.807) is 19.3 Å². The fourth-order valence-corrected chi connectivity index (χ4v) is 9.00. The maximum absolute atomic E-state index is 12.9. The van der Waals surface area contributed by atoms with Gasteiger partial charge in [-0.1, -0.05) is 19.1 Å². The van der Waals surface area contributed by atoms with Crippen LogP contribution in [-0.2, 0) is 23.9 Å². The highest BCUT2D eigenvalue weighted by Gasteiger charge is 2.68. The number of carbonyl (C=O) groups is 3. The molecule has 3 heterocycles. The van der Waals surface area contributed by atoms with E-state index in [9.17, 15) is 19.5 Å². The first-order valence-electron chi connectivity index (χ1n) is 14.4. The van der Waals surface area contributed by atoms with E-state index in [1.807, 2.05) is 12.2 Å². The van der Waals surface area contributed by atoms with E-state index < -0.39 is 11.9 Å². The summed E-state index contributed by atoms with van der Waals surface area (Å²) in [5.74, 6) is 2.16. The molecule has 0 aromatic carbocycles. The lowest BCUT2D eigenvalue weighted by Gasteiger charge is -2.38. The van der Waals surface area contributed by atoms with Gasteiger partial charge in [-0.25, -0.2) is 0 Å². The quantitative estimate of drug-likeness (QED) is 0.378. The molecule has 5 fully saturated rings. The summed E-state index contributed by atoms with van der Waals surface area (Å²) in [7, 11) is 1.80. The molecule has 0 aromatic rings. The third-order valence-electron chi connectivity index (χ3n) is 10.6. The topological polar surface area (TPSA) is 117 Å². The lowest BCUT2D eigenvalue weighted by Crippen LogP contribution is -2.41. The standard InChI is InChI=1S/C30H40N2O6/c1-14-12-18-19-13-16-9-10-21(33)26-27(35)20(32-30(26)36)7-5-11-31-22(34)8-4-6-17(16)24(19)28-29(38-28)25(18)23(14)15(2)37-3/h4,8-10,14-20,23-25,28-29,33H,5-7,11-13H2,1-3H3,(H,31,34)(H,32,36)/b8-4-,10-9+,26-21-/t14-,15?,16-,17+,18-,19-,20+,23+,24-,25-,28+,29-/m1/s1. The Morgan fingerprint density at radius 2 is 1.84 bits per heavy atom. The minimum absolute atomic E-state index is 0.135. The van der Waals surface area contributed by atoms with Gasteiger partial charge in [-0.3, -0.25) is 14.4 Å². The largest absolute Gasteiger partial charge is 0.507 e. The van der Waals surface area contributed by atoms with Crippen molar-refractivity contribution in [1.82, 2.24) is 10.6 Å². The third-order valence-corrected chi connectivity index (χ3v) is 10.6. The molecule has 12 atom stereocenters. The summed E-state index contributed by atoms with van der Waals surface area (Å²) in [6.45, 7) is 4.96. The number of fused-ring (bicyclic) bond motifs is 10. The van der Waals surface area contributed by atoms with E-state index >= 15 is 0 Å². The van der Waals surface area contributed by atoms with Gasteiger partial charge >= 0.3 is 0 Å². The number of nitrogens with one attached hydrogen (secondary N) is 2. The van der Waals surface area contributed by atoms with Gasteiger partial charge in [0.15, 0.2) is 5.78 Å². The van der Waals surface area contributed by atoms with Crippen molar-refractivity contribution in [3.05, 3.63) is 35.6 Å². The molecule has 2 saturated heterocycles. The van der Waals surface area contributed by atoms with Gasteiger partial charge in [0.1, 0.15) is 11.3 Å². The molecular formula is C30H40N2O6. The molecule has 0 radical (unpaired) electrons. The molecule has 1 unspecified atom stereocenters. The van der Waals surface area contributed by atoms with Gasteiger partial charge in [0.05, 0.1) is 24.4 Å². The lowest BCUT2D eigenvalue weighted by molar-refractivity contribution is -0.118. The zero-order valence-electron chi connectivity index (χ0n) is 22.5. The summed E-state index contributed by atoms with van der Waals surface area (Å²) >= 11 is 0. The fourth-order valence-electron chi connectivity index (χ4n) is 9.00. The maximum atomic E-state index is 12.9. The SMILES string of the molecule is COC(C)[C@H]1[C@H]2[C@H](C[C@H]1C)[C@H]1C[C@H]3/C=C/C(O)=C4/C(=O)N[C@@H](CCCNC(=O)/C=C\C[C@@H]3[C@H]1[C@@H]1O[C@@H]12)C4=O. The van der Waals surface area contributed by atoms with Crippen LogP contribution in [-0.4, -0.2) is 60.7 Å². The fraction of sp³-hybridized carbons (Fsp3) is 0.700. The van der Waals surface area contributed by atoms with Crippen molar-refractivity contribution in [3.8, 4) is 0 Å². The summed E-state index contributed by atoms with van der Waals surface area (Å²) < 4.78 is 12.2. The highest BCUT2D eigenvalue weighted by molar-refractivity contribution is 6.27. The van der Waals surface area contributed by atoms with Gasteiger partial charge in [0, 0.05) is 13.7 Å². The van der Waals surface area contributed by atoms with Crippen molar-refractivity contribution in [2.24, 2.45) is 47.3 Å². The van der Waals surface area contributed by atoms with E-state index in [0.29, 0.717) is 54.9 Å². The van der Waals surface area contributed by atoms with Gasteiger partial charge in [0.2, 0.25) is 5.91 Å². The molecular weight excluding hydrogens is 484 g/mol. The molecule has 38 heavy (non-hydrogen) atoms. The van der Waals surface area contributed by atoms with Crippen molar-refractivity contribution >= 4 is 17.6 Å². The van der Waals surface area contributed by atoms with Crippen LogP contribution < -0.4 is 10.6 Å². The van der Waals surface area contributed by atoms with Crippen molar-refractivity contribution in [3.63, 3.8) is 0 Å². The zero-order chi connectivity index (χ0) is 26.7. The molecule has 6 aliphatic rings. The number of ketones is 1. The van der Waals surface area contributed by atoms with Gasteiger partial charge in [-0.2, -0.15) is 0 Å². The summed E-state index contributed by atoms with van der Waals surface area (Å²) in [6, 6.07) is -0.664. The molecule has 3 aliphatic heterocycles. The van der Waals surface area contributed by atoms with Gasteiger partial charge in [-0.15, -0.1) is 0 Å². The molecule has 2 bridgehead atoms. The smallest absolute Gasteiger partial charge is 0.259 e. The first-order chi connectivity index (χ1) is 18.3. The van der Waals surface area contributed by atoms with Gasteiger partial charge in [-0.05, 0) is 98.5 Å². The molecule has 8 heteroatoms. The number of hydrogen-bond acceptors (Lipinski definition) is 6. The number of Topliss-reactive ketones (excluding diaryl/α,β-unsaturated/α-hetero) is 1. The Bertz CT molecular complexity index is 1100. The molecule has 8 nitrogen and oxygen atoms in total. The molecule has 3 N–H and O–H groups in total. The molecule has 0 spiro atoms. The number of rotatable bonds is 2. The average Bonchev–Trinajstić information content (AvgIpc) is 3.35. The second kappa shape index (κ2) is 9.94. The Labute approximate surface area is 224 Å². The predicted octanol–water partition coefficient (Wildman–Crippen LogP) is 2.85. The first kappa shape index (κ1) is 25.8. The first-order valence-corrected chi connectivity index (χ1v) is 14.4. The lowest BCUT2D eigenvalue weighted by atomic mass is 9.65. The maximum Gasteiger partial charge on any atom is 0.259 e. The van der Waals surface area contributed by atoms with E-state index in [4.69, 9.17) is 9.47 Å². The Kier molecular flexibility index (Phi) is 6.75. The Morgan fingerprint density at radius 3 is 2.63 bits per heavy atom. The third kappa shape index (κ3) is 4.24. The highest BCUT2D eigenvalue weighted by Crippen LogP contribution is 2.66. The number of allylic oxidation sites excluding steroid dienone is 3. The second-order valence-electron chi connectivity index (χ2n) is 12.4. The number of ether oxygens (including phenoxy) is 2. The number of aliphatic hydroxyl groups is 1. The van der Waals surface area contributed by atoms with Crippen LogP contribution in [0.15, 0.2) is 35.6 Å². The van der Waals surface area contributed by atoms with Crippen LogP contribution in [0.4, 0.5) is 0 Å². The van der Waals surface area contributed by atoms with Crippen LogP contribution in [0.25, 0.3) is 0 Å². The number of methoxy groups -OCH3 is 1. The summed E-state index contributed by atoms with van der Waals surface area (Å²) in [4.78, 5) is 37.8. The number of carbonyl (C=O) groups excluding carboxylic acids is 3. The van der Waals surface area contributed by atoms with Gasteiger partial charge in [0.25, 0.3) is 5.91 Å². The van der Waals surface area contributed by atoms with Crippen molar-refractivity contribution in [1.29, 1.82) is 0 Å². The van der Waals surface area contributed by atoms with Crippen LogP contribution in [0, 0.1) is 47.3 Å². The number of amides is 2. The molecule has 6 rings (SSSR count). The summed E-state index contributed by atoms with van der Waals surface area (Å²) in [5, 5.41) is 16.4. The van der Waals surface area contributed by atoms with E-state index in [0.717, 1.165) is 12.8 Å². The van der Waals surface area contributed by atoms with E-state index in [-0.39, 0.29) is 53.2 Å². The van der Waals surface area contributed by atoms with Crippen LogP contribution in [0.3, 0.4) is 0 Å². The Balaban J connectivity index is 1.32. The molecule has 3 saturated carbocycles. The molecule has 206 valence electrons. The molecule has 3 aliphatic carbocycles. The normalized spacial score (nSPS) is 48.7. The van der Waals surface area contributed by atoms with Crippen molar-refractivity contribution in [2.45, 2.75) is 70.3 Å². The minimum Gasteiger partial charge on any atom is -0.507 e. The minimum atomic E-state index is -0.664. The number of hydrogen-bond donors (Lipinski definition) is 3. The number of aliphatic hydroxyl groups excluding tert-OH is 1. The average molecular weight is 525 g/mol. The Morgan fingerprint density at radius 1 is 1.08 bits per heavy atom. The van der Waals surface area contributed by atoms with E-state index in [1.165, 1.54) is 6.42 Å². The van der Waals surface area contributed by atoms with Crippen LogP contribution in [0.5, 0.6) is 0 Å². The molecule has 0 aromatic heterocycles. The predicted molar refractivity (Wildman–Crippen MR) is 140 cm³/mol. The highest BCUT2D eigenvalue weighted by atomic mass is 16.6. The summed E-state index contributed by atoms with van der Waals surface area (Å²) in [5.41, 5.74) is -0.152. The Hall–Kier alpha value is -2.45. The van der Waals surface area contributed by atoms with Crippen LogP contribution in [0.2, 0.25) is 0 Å². The van der Waals surface area contributed by atoms with Gasteiger partial charge < -0.3 is 25.2 Å². The van der Waals surface area contributed by atoms with Crippen molar-refractivity contribution < 1.29 is 29.0 Å². The zero-order valence-corrected chi connectivity index (χ0v) is 22.5. The van der Waals surface area contributed by atoms with Crippen molar-refractivity contribution in [2.75, 3.05) is 13.7 Å². The van der Waals surface area contributed by atoms with Crippen LogP contribution >= 0.6 is 0 Å². The van der Waals surface area contributed by atoms with E-state index in [2.05, 4.69) is 24.5 Å². The van der Waals surface area contributed by atoms with Crippen LogP contribution in [0.1, 0.15) is 46.0 Å². The monoisotopic (exact) mass is 524 g/mol. The number of epoxide rings is 1. The summed E-state index contributed by atoms with van der Waals surface area (Å²) in [6.07, 6.45) is 11.7. The second-order valence-corrected chi connectivity index (χ2v) is 12.4. The molecule has 2 amide bonds.